The van der Waals surface area contributed by atoms with E-state index in [0.29, 0.717) is 0 Å². The summed E-state index contributed by atoms with van der Waals surface area (Å²) in [4.78, 5) is 0. The fourth-order valence-electron chi connectivity index (χ4n) is 0. The number of hydrogen-bond donors (Lipinski definition) is 5. The Labute approximate surface area is 87.9 Å². The van der Waals surface area contributed by atoms with Gasteiger partial charge >= 0.3 is 40.0 Å². The second-order valence-electron chi connectivity index (χ2n) is 0.679. The molecule has 0 unspecified atom stereocenters. The Hall–Kier alpha value is 0.900. The first-order valence-electron chi connectivity index (χ1n) is 1.23. The van der Waals surface area contributed by atoms with Gasteiger partial charge < -0.3 is 6.15 Å². The molecule has 0 saturated heterocycles. The van der Waals surface area contributed by atoms with Gasteiger partial charge in [0.25, 0.3) is 11.4 Å². The molecule has 0 aliphatic heterocycles. The van der Waals surface area contributed by atoms with Crippen molar-refractivity contribution < 1.29 is 30.8 Å². The zero-order chi connectivity index (χ0) is 8.08. The fourth-order valence-corrected chi connectivity index (χ4v) is 0. The average molecular weight is 221 g/mol. The topological polar surface area (TPSA) is 167 Å². The standard InChI is InChI=1S/H3N.Na.H2O4S.H2O3S.H/c;;1-5(2,3)4;1-4(2)3;/h1H3;;(H2,1,2,3,4);(H2,1,2,3);. The van der Waals surface area contributed by atoms with Crippen LogP contribution in [0.4, 0.5) is 0 Å². The monoisotopic (exact) mass is 221 g/mol. The fraction of sp³-hybridized carbons (Fsp3) is 0. The zero-order valence-corrected chi connectivity index (χ0v) is 6.17. The molecule has 0 atom stereocenters. The van der Waals surface area contributed by atoms with E-state index in [2.05, 4.69) is 0 Å². The summed E-state index contributed by atoms with van der Waals surface area (Å²) in [5, 5.41) is 0. The van der Waals surface area contributed by atoms with Gasteiger partial charge in [0.05, 0.1) is 0 Å². The van der Waals surface area contributed by atoms with E-state index in [1.165, 1.54) is 0 Å². The Morgan fingerprint density at radius 2 is 1.09 bits per heavy atom. The third-order valence-electron chi connectivity index (χ3n) is 0. The third-order valence-corrected chi connectivity index (χ3v) is 0. The number of rotatable bonds is 0. The maximum absolute atomic E-state index is 8.74. The van der Waals surface area contributed by atoms with E-state index >= 15 is 0 Å². The molecule has 0 aliphatic carbocycles. The van der Waals surface area contributed by atoms with Crippen LogP contribution < -0.4 is 6.15 Å². The van der Waals surface area contributed by atoms with Crippen LogP contribution in [0, 0.1) is 0 Å². The molecule has 0 heterocycles. The van der Waals surface area contributed by atoms with Gasteiger partial charge in [0.1, 0.15) is 0 Å². The molecule has 0 aromatic rings. The molecule has 11 heteroatoms. The van der Waals surface area contributed by atoms with Crippen LogP contribution in [0.1, 0.15) is 0 Å². The van der Waals surface area contributed by atoms with Crippen molar-refractivity contribution in [2.75, 3.05) is 0 Å². The van der Waals surface area contributed by atoms with Gasteiger partial charge in [-0.05, 0) is 0 Å². The van der Waals surface area contributed by atoms with Crippen LogP contribution >= 0.6 is 0 Å². The molecular formula is H8NNaO7S2. The van der Waals surface area contributed by atoms with Crippen molar-refractivity contribution in [2.45, 2.75) is 0 Å². The summed E-state index contributed by atoms with van der Waals surface area (Å²) in [5.74, 6) is 0. The minimum atomic E-state index is -4.67. The van der Waals surface area contributed by atoms with Gasteiger partial charge in [-0.15, -0.1) is 0 Å². The van der Waals surface area contributed by atoms with Gasteiger partial charge in [0.2, 0.25) is 0 Å². The summed E-state index contributed by atoms with van der Waals surface area (Å²) in [6.07, 6.45) is 0. The minimum absolute atomic E-state index is 0. The van der Waals surface area contributed by atoms with Crippen molar-refractivity contribution in [1.82, 2.24) is 6.15 Å². The second-order valence-corrected chi connectivity index (χ2v) is 2.04. The summed E-state index contributed by atoms with van der Waals surface area (Å²) in [6.45, 7) is 0. The summed E-state index contributed by atoms with van der Waals surface area (Å²) >= 11 is -2.61. The molecule has 0 spiro atoms. The van der Waals surface area contributed by atoms with Crippen LogP contribution in [-0.2, 0) is 21.8 Å². The molecule has 0 rings (SSSR count). The molecule has 68 valence electrons. The van der Waals surface area contributed by atoms with Crippen molar-refractivity contribution in [3.05, 3.63) is 0 Å². The molecule has 0 aromatic heterocycles. The van der Waals surface area contributed by atoms with Gasteiger partial charge in [0.15, 0.2) is 0 Å². The normalized spacial score (nSPS) is 8.45. The predicted molar refractivity (Wildman–Crippen MR) is 39.7 cm³/mol. The van der Waals surface area contributed by atoms with E-state index in [1.54, 1.807) is 0 Å². The Morgan fingerprint density at radius 1 is 1.09 bits per heavy atom. The van der Waals surface area contributed by atoms with Crippen LogP contribution in [-0.4, -0.2) is 60.4 Å². The predicted octanol–water partition coefficient (Wildman–Crippen LogP) is -1.46. The zero-order valence-electron chi connectivity index (χ0n) is 4.54. The summed E-state index contributed by atoms with van der Waals surface area (Å²) in [5.41, 5.74) is 0. The maximum atomic E-state index is 8.74. The van der Waals surface area contributed by atoms with Crippen molar-refractivity contribution in [3.63, 3.8) is 0 Å². The van der Waals surface area contributed by atoms with Gasteiger partial charge in [-0.3, -0.25) is 18.2 Å². The van der Waals surface area contributed by atoms with E-state index in [-0.39, 0.29) is 35.7 Å². The molecule has 0 aromatic carbocycles. The first-order chi connectivity index (χ1) is 3.73. The molecule has 11 heavy (non-hydrogen) atoms. The summed E-state index contributed by atoms with van der Waals surface area (Å²) in [6, 6.07) is 0. The summed E-state index contributed by atoms with van der Waals surface area (Å²) < 4.78 is 54.4. The average Bonchev–Trinajstić information content (AvgIpc) is 1.19. The molecule has 8 nitrogen and oxygen atoms in total. The van der Waals surface area contributed by atoms with Crippen LogP contribution in [0.3, 0.4) is 0 Å². The molecule has 0 radical (unpaired) electrons. The van der Waals surface area contributed by atoms with E-state index in [0.717, 1.165) is 0 Å². The first-order valence-corrected chi connectivity index (χ1v) is 3.69. The molecule has 0 amide bonds. The third kappa shape index (κ3) is 1070. The number of hydrogen-bond acceptors (Lipinski definition) is 4. The van der Waals surface area contributed by atoms with E-state index in [4.69, 9.17) is 30.8 Å². The van der Waals surface area contributed by atoms with Crippen LogP contribution in [0.2, 0.25) is 0 Å². The van der Waals surface area contributed by atoms with Crippen LogP contribution in [0.15, 0.2) is 0 Å². The van der Waals surface area contributed by atoms with Gasteiger partial charge in [-0.1, -0.05) is 0 Å². The Bertz CT molecular complexity index is 159. The van der Waals surface area contributed by atoms with Crippen molar-refractivity contribution in [1.29, 1.82) is 0 Å². The molecule has 0 saturated carbocycles. The molecule has 7 N–H and O–H groups in total. The van der Waals surface area contributed by atoms with Crippen LogP contribution in [0.5, 0.6) is 0 Å². The molecule has 0 fully saturated rings. The quantitative estimate of drug-likeness (QED) is 0.188. The first kappa shape index (κ1) is 22.7. The molecule has 0 bridgehead atoms. The molecule has 0 aliphatic rings. The van der Waals surface area contributed by atoms with Crippen molar-refractivity contribution in [3.8, 4) is 0 Å². The van der Waals surface area contributed by atoms with Crippen molar-refractivity contribution in [2.24, 2.45) is 0 Å². The van der Waals surface area contributed by atoms with Crippen LogP contribution in [0.25, 0.3) is 0 Å². The Balaban J connectivity index is -0.0000000383. The Kier molecular flexibility index (Phi) is 22.4. The summed E-state index contributed by atoms with van der Waals surface area (Å²) in [7, 11) is -4.67. The molecular weight excluding hydrogens is 213 g/mol. The Morgan fingerprint density at radius 3 is 1.09 bits per heavy atom. The van der Waals surface area contributed by atoms with Gasteiger partial charge in [-0.2, -0.15) is 12.6 Å². The van der Waals surface area contributed by atoms with E-state index < -0.39 is 21.8 Å². The second kappa shape index (κ2) is 10.9. The van der Waals surface area contributed by atoms with E-state index in [1.807, 2.05) is 0 Å². The van der Waals surface area contributed by atoms with Gasteiger partial charge in [0, 0.05) is 0 Å². The van der Waals surface area contributed by atoms with E-state index in [9.17, 15) is 0 Å². The van der Waals surface area contributed by atoms with Gasteiger partial charge in [-0.25, -0.2) is 0 Å². The van der Waals surface area contributed by atoms with Crippen molar-refractivity contribution >= 4 is 51.3 Å². The SMILES string of the molecule is N.O=S(=O)(O)O.O=S(O)O.[NaH].